The van der Waals surface area contributed by atoms with Gasteiger partial charge in [-0.1, -0.05) is 121 Å². The van der Waals surface area contributed by atoms with E-state index in [0.29, 0.717) is 0 Å². The predicted octanol–water partition coefficient (Wildman–Crippen LogP) is 10.1. The molecule has 36 heavy (non-hydrogen) atoms. The second-order valence-electron chi connectivity index (χ2n) is 9.69. The first-order valence-electron chi connectivity index (χ1n) is 12.5. The molecule has 0 amide bonds. The summed E-state index contributed by atoms with van der Waals surface area (Å²) in [6.07, 6.45) is 0. The predicted molar refractivity (Wildman–Crippen MR) is 154 cm³/mol. The van der Waals surface area contributed by atoms with Crippen molar-refractivity contribution in [2.75, 3.05) is 0 Å². The summed E-state index contributed by atoms with van der Waals surface area (Å²) in [5.74, 6) is 0. The maximum Gasteiger partial charge on any atom is -0.000741 e. The molecule has 8 rings (SSSR count). The third-order valence-corrected chi connectivity index (χ3v) is 7.74. The third kappa shape index (κ3) is 2.64. The lowest BCUT2D eigenvalue weighted by Gasteiger charge is -2.21. The Morgan fingerprint density at radius 3 is 1.19 bits per heavy atom. The lowest BCUT2D eigenvalue weighted by atomic mass is 9.82. The Hall–Kier alpha value is -4.68. The zero-order chi connectivity index (χ0) is 23.6. The first-order chi connectivity index (χ1) is 17.9. The van der Waals surface area contributed by atoms with Crippen LogP contribution in [0, 0.1) is 0 Å². The van der Waals surface area contributed by atoms with E-state index in [2.05, 4.69) is 133 Å². The van der Waals surface area contributed by atoms with Crippen molar-refractivity contribution in [3.05, 3.63) is 133 Å². The lowest BCUT2D eigenvalue weighted by Crippen LogP contribution is -1.94. The van der Waals surface area contributed by atoms with E-state index in [1.165, 1.54) is 76.8 Å². The second-order valence-corrected chi connectivity index (χ2v) is 9.69. The highest BCUT2D eigenvalue weighted by Crippen LogP contribution is 2.57. The number of benzene rings is 7. The molecule has 0 heteroatoms. The van der Waals surface area contributed by atoms with E-state index in [1.807, 2.05) is 0 Å². The molecular formula is C36H22. The summed E-state index contributed by atoms with van der Waals surface area (Å²) in [7, 11) is 0. The SMILES string of the molecule is c1ccc(-c2c3c(c(-c4ccccc4)c4cc5ccccc5cc24)-c2cccc4cccc-3c24)cc1. The number of hydrogen-bond donors (Lipinski definition) is 0. The minimum absolute atomic E-state index is 1.26. The summed E-state index contributed by atoms with van der Waals surface area (Å²) in [5, 5.41) is 7.83. The van der Waals surface area contributed by atoms with Crippen molar-refractivity contribution in [3.63, 3.8) is 0 Å². The maximum absolute atomic E-state index is 2.41. The lowest BCUT2D eigenvalue weighted by molar-refractivity contribution is 1.63. The minimum Gasteiger partial charge on any atom is -0.0622 e. The van der Waals surface area contributed by atoms with Crippen LogP contribution in [-0.2, 0) is 0 Å². The van der Waals surface area contributed by atoms with Gasteiger partial charge in [0, 0.05) is 0 Å². The summed E-state index contributed by atoms with van der Waals surface area (Å²) < 4.78 is 0. The molecule has 7 aromatic carbocycles. The Morgan fingerprint density at radius 1 is 0.306 bits per heavy atom. The zero-order valence-electron chi connectivity index (χ0n) is 19.7. The van der Waals surface area contributed by atoms with Crippen LogP contribution in [-0.4, -0.2) is 0 Å². The van der Waals surface area contributed by atoms with E-state index in [-0.39, 0.29) is 0 Å². The molecule has 0 atom stereocenters. The van der Waals surface area contributed by atoms with Gasteiger partial charge in [0.25, 0.3) is 0 Å². The summed E-state index contributed by atoms with van der Waals surface area (Å²) in [6.45, 7) is 0. The van der Waals surface area contributed by atoms with Gasteiger partial charge in [-0.3, -0.25) is 0 Å². The summed E-state index contributed by atoms with van der Waals surface area (Å²) in [6, 6.07) is 48.9. The van der Waals surface area contributed by atoms with Crippen molar-refractivity contribution in [1.82, 2.24) is 0 Å². The Balaban J connectivity index is 1.69. The molecule has 166 valence electrons. The van der Waals surface area contributed by atoms with E-state index in [4.69, 9.17) is 0 Å². The first kappa shape index (κ1) is 19.6. The molecule has 0 N–H and O–H groups in total. The molecule has 0 heterocycles. The van der Waals surface area contributed by atoms with E-state index < -0.39 is 0 Å². The van der Waals surface area contributed by atoms with Gasteiger partial charge >= 0.3 is 0 Å². The van der Waals surface area contributed by atoms with Crippen molar-refractivity contribution in [2.24, 2.45) is 0 Å². The molecule has 0 aromatic heterocycles. The maximum atomic E-state index is 2.41. The van der Waals surface area contributed by atoms with Crippen molar-refractivity contribution in [2.45, 2.75) is 0 Å². The quantitative estimate of drug-likeness (QED) is 0.228. The average molecular weight is 455 g/mol. The van der Waals surface area contributed by atoms with Crippen molar-refractivity contribution in [3.8, 4) is 44.5 Å². The van der Waals surface area contributed by atoms with Crippen molar-refractivity contribution < 1.29 is 0 Å². The largest absolute Gasteiger partial charge is 0.0622 e. The number of fused-ring (bicyclic) bond motifs is 5. The van der Waals surface area contributed by atoms with Crippen molar-refractivity contribution in [1.29, 1.82) is 0 Å². The Bertz CT molecular complexity index is 1820. The van der Waals surface area contributed by atoms with Crippen LogP contribution >= 0.6 is 0 Å². The molecule has 0 spiro atoms. The highest BCUT2D eigenvalue weighted by molar-refractivity contribution is 6.28. The molecule has 7 aromatic rings. The summed E-state index contributed by atoms with van der Waals surface area (Å²) in [4.78, 5) is 0. The van der Waals surface area contributed by atoms with Crippen LogP contribution in [0.2, 0.25) is 0 Å². The van der Waals surface area contributed by atoms with Gasteiger partial charge in [-0.25, -0.2) is 0 Å². The van der Waals surface area contributed by atoms with Gasteiger partial charge in [0.1, 0.15) is 0 Å². The summed E-state index contributed by atoms with van der Waals surface area (Å²) >= 11 is 0. The topological polar surface area (TPSA) is 0 Å². The molecule has 1 aliphatic rings. The molecule has 0 aliphatic heterocycles. The van der Waals surface area contributed by atoms with Crippen molar-refractivity contribution >= 4 is 32.3 Å². The van der Waals surface area contributed by atoms with Gasteiger partial charge in [-0.05, 0) is 89.0 Å². The smallest absolute Gasteiger partial charge is 0.000741 e. The molecule has 1 aliphatic carbocycles. The van der Waals surface area contributed by atoms with Crippen LogP contribution in [0.25, 0.3) is 76.8 Å². The van der Waals surface area contributed by atoms with Gasteiger partial charge in [0.15, 0.2) is 0 Å². The fourth-order valence-electron chi connectivity index (χ4n) is 6.28. The van der Waals surface area contributed by atoms with E-state index in [9.17, 15) is 0 Å². The first-order valence-corrected chi connectivity index (χ1v) is 12.5. The number of rotatable bonds is 2. The van der Waals surface area contributed by atoms with Gasteiger partial charge in [-0.2, -0.15) is 0 Å². The molecule has 0 saturated carbocycles. The van der Waals surface area contributed by atoms with Crippen LogP contribution in [0.3, 0.4) is 0 Å². The Labute approximate surface area is 210 Å². The normalized spacial score (nSPS) is 11.9. The summed E-state index contributed by atoms with van der Waals surface area (Å²) in [5.41, 5.74) is 10.6. The van der Waals surface area contributed by atoms with Crippen LogP contribution in [0.15, 0.2) is 133 Å². The molecule has 0 unspecified atom stereocenters. The fourth-order valence-corrected chi connectivity index (χ4v) is 6.28. The Kier molecular flexibility index (Phi) is 4.03. The van der Waals surface area contributed by atoms with Crippen LogP contribution in [0.4, 0.5) is 0 Å². The van der Waals surface area contributed by atoms with E-state index in [1.54, 1.807) is 0 Å². The average Bonchev–Trinajstić information content (AvgIpc) is 3.27. The Morgan fingerprint density at radius 2 is 0.722 bits per heavy atom. The standard InChI is InChI=1S/C36H22/c1-3-11-24(12-4-1)33-30-21-26-15-7-8-16-27(26)22-31(30)34(25-13-5-2-6-14-25)36-29-20-10-18-23-17-9-19-28(32(23)29)35(33)36/h1-22H. The molecular weight excluding hydrogens is 432 g/mol. The molecule has 0 fully saturated rings. The number of hydrogen-bond acceptors (Lipinski definition) is 0. The minimum atomic E-state index is 1.26. The van der Waals surface area contributed by atoms with Gasteiger partial charge in [0.05, 0.1) is 0 Å². The van der Waals surface area contributed by atoms with Gasteiger partial charge in [-0.15, -0.1) is 0 Å². The molecule has 0 saturated heterocycles. The second kappa shape index (κ2) is 7.41. The molecule has 0 nitrogen and oxygen atoms in total. The highest BCUT2D eigenvalue weighted by atomic mass is 14.3. The van der Waals surface area contributed by atoms with Crippen LogP contribution in [0.5, 0.6) is 0 Å². The van der Waals surface area contributed by atoms with Gasteiger partial charge in [0.2, 0.25) is 0 Å². The fraction of sp³-hybridized carbons (Fsp3) is 0. The van der Waals surface area contributed by atoms with Gasteiger partial charge < -0.3 is 0 Å². The third-order valence-electron chi connectivity index (χ3n) is 7.74. The highest BCUT2D eigenvalue weighted by Gasteiger charge is 2.30. The van der Waals surface area contributed by atoms with E-state index >= 15 is 0 Å². The van der Waals surface area contributed by atoms with E-state index in [0.717, 1.165) is 0 Å². The van der Waals surface area contributed by atoms with Crippen LogP contribution < -0.4 is 0 Å². The monoisotopic (exact) mass is 454 g/mol. The molecule has 0 radical (unpaired) electrons. The van der Waals surface area contributed by atoms with Crippen LogP contribution in [0.1, 0.15) is 0 Å². The molecule has 0 bridgehead atoms. The zero-order valence-corrected chi connectivity index (χ0v) is 19.7.